The second-order valence-corrected chi connectivity index (χ2v) is 35.3. The molecule has 16 heterocycles. The van der Waals surface area contributed by atoms with Crippen molar-refractivity contribution >= 4 is 72.0 Å². The van der Waals surface area contributed by atoms with Crippen LogP contribution in [0.15, 0.2) is 385 Å². The molecule has 24 aromatic rings. The molecule has 147 heavy (non-hydrogen) atoms. The number of hydrogen-bond acceptors (Lipinski definition) is 20. The molecule has 0 saturated carbocycles. The molecule has 4 aliphatic heterocycles. The second kappa shape index (κ2) is 40.7. The Morgan fingerprint density at radius 3 is 1.06 bits per heavy atom. The van der Waals surface area contributed by atoms with Crippen LogP contribution in [-0.4, -0.2) is 145 Å². The Balaban J connectivity index is 0.0000000972. The Morgan fingerprint density at radius 2 is 0.639 bits per heavy atom. The van der Waals surface area contributed by atoms with Crippen molar-refractivity contribution in [1.82, 2.24) is 92.4 Å². The second-order valence-electron chi connectivity index (χ2n) is 35.3. The van der Waals surface area contributed by atoms with Gasteiger partial charge in [0.05, 0.1) is 118 Å². The number of halogens is 1. The van der Waals surface area contributed by atoms with Gasteiger partial charge in [-0.2, -0.15) is 9.49 Å². The van der Waals surface area contributed by atoms with Crippen LogP contribution in [0.5, 0.6) is 40.2 Å². The number of rotatable bonds is 15. The third kappa shape index (κ3) is 19.2. The summed E-state index contributed by atoms with van der Waals surface area (Å²) < 4.78 is 64.7. The van der Waals surface area contributed by atoms with Gasteiger partial charge < -0.3 is 33.2 Å². The third-order valence-corrected chi connectivity index (χ3v) is 26.3. The lowest BCUT2D eigenvalue weighted by Crippen LogP contribution is -2.15. The van der Waals surface area contributed by atoms with Crippen LogP contribution < -0.4 is 33.2 Å². The Morgan fingerprint density at radius 1 is 0.293 bits per heavy atom. The maximum absolute atomic E-state index is 13.4. The largest absolute Gasteiger partial charge is 0.493 e. The van der Waals surface area contributed by atoms with Gasteiger partial charge in [0.2, 0.25) is 5.95 Å². The summed E-state index contributed by atoms with van der Waals surface area (Å²) in [4.78, 5) is 58.6. The van der Waals surface area contributed by atoms with Gasteiger partial charge in [0.1, 0.15) is 68.4 Å². The van der Waals surface area contributed by atoms with Crippen molar-refractivity contribution in [2.75, 3.05) is 47.3 Å². The number of ether oxygens (including phenoxy) is 7. The molecule has 0 radical (unpaired) electrons. The molecule has 0 spiro atoms. The number of carbonyl (C=O) groups excluding carboxylic acids is 1. The smallest absolute Gasteiger partial charge is 0.213 e. The first-order chi connectivity index (χ1) is 72.3. The van der Waals surface area contributed by atoms with Crippen LogP contribution in [0.3, 0.4) is 0 Å². The Kier molecular flexibility index (Phi) is 25.3. The highest BCUT2D eigenvalue weighted by Crippen LogP contribution is 2.40. The summed E-state index contributed by atoms with van der Waals surface area (Å²) in [6.07, 6.45) is 31.8. The first kappa shape index (κ1) is 91.4. The predicted octanol–water partition coefficient (Wildman–Crippen LogP) is 24.1. The van der Waals surface area contributed by atoms with Crippen LogP contribution in [0, 0.1) is 12.9 Å². The number of aromatic nitrogens is 19. The number of hydrogen-bond donors (Lipinski definition) is 1. The summed E-state index contributed by atoms with van der Waals surface area (Å²) in [5.41, 5.74) is 36.7. The van der Waals surface area contributed by atoms with Gasteiger partial charge >= 0.3 is 0 Å². The van der Waals surface area contributed by atoms with E-state index in [0.717, 1.165) is 229 Å². The van der Waals surface area contributed by atoms with Crippen molar-refractivity contribution in [3.63, 3.8) is 0 Å². The van der Waals surface area contributed by atoms with Gasteiger partial charge in [-0.15, -0.1) is 0 Å². The number of carbonyl (C=O) groups is 1. The molecule has 27 nitrogen and oxygen atoms in total. The Labute approximate surface area is 842 Å². The molecule has 718 valence electrons. The molecule has 12 aromatic heterocycles. The molecule has 0 bridgehead atoms. The maximum atomic E-state index is 13.4. The number of aryl methyl sites for hydroxylation is 1. The fourth-order valence-electron chi connectivity index (χ4n) is 18.7. The molecule has 12 aromatic carbocycles. The van der Waals surface area contributed by atoms with Gasteiger partial charge in [-0.05, 0) is 322 Å². The number of H-pyrrole nitrogens is 1. The summed E-state index contributed by atoms with van der Waals surface area (Å²) in [5, 5.41) is 6.88. The molecule has 0 fully saturated rings. The number of pyridine rings is 5. The zero-order chi connectivity index (χ0) is 99.2. The van der Waals surface area contributed by atoms with E-state index in [1.807, 2.05) is 230 Å². The zero-order valence-electron chi connectivity index (χ0n) is 80.2. The molecule has 28 rings (SSSR count). The van der Waals surface area contributed by atoms with E-state index >= 15 is 0 Å². The van der Waals surface area contributed by atoms with Crippen molar-refractivity contribution in [3.05, 3.63) is 419 Å². The van der Waals surface area contributed by atoms with Crippen LogP contribution in [0.2, 0.25) is 0 Å². The lowest BCUT2D eigenvalue weighted by atomic mass is 10.1. The molecule has 28 heteroatoms. The Hall–Kier alpha value is -19.4. The number of ketones is 1. The number of Topliss-reactive ketones (excluding diaryl/α,β-unsaturated/α-hetero) is 1. The van der Waals surface area contributed by atoms with Gasteiger partial charge in [-0.3, -0.25) is 57.2 Å². The zero-order valence-corrected chi connectivity index (χ0v) is 80.2. The van der Waals surface area contributed by atoms with Crippen LogP contribution in [0.4, 0.5) is 4.39 Å². The minimum absolute atomic E-state index is 0.0685. The number of fused-ring (bicyclic) bond motifs is 10. The fraction of sp³-hybridized carbons (Fsp3) is 0.101. The van der Waals surface area contributed by atoms with Crippen molar-refractivity contribution in [2.45, 2.75) is 33.1 Å². The van der Waals surface area contributed by atoms with Crippen LogP contribution in [0.1, 0.15) is 39.7 Å². The molecular weight excluding hydrogens is 1840 g/mol. The van der Waals surface area contributed by atoms with Crippen molar-refractivity contribution in [2.24, 2.45) is 0 Å². The summed E-state index contributed by atoms with van der Waals surface area (Å²) >= 11 is 0. The van der Waals surface area contributed by atoms with E-state index in [9.17, 15) is 9.18 Å². The first-order valence-electron chi connectivity index (χ1n) is 47.9. The lowest BCUT2D eigenvalue weighted by Gasteiger charge is -2.19. The maximum Gasteiger partial charge on any atom is 0.213 e. The standard InChI is InChI=1S/C21H17N3O.C20H14FN3O.C20H15N3O2.C20H17N3O2.C20H15N3O.C18H14N4O/c1-14-10-16(6-8-22-14)15-2-4-19-20(12-15)24(13-23-19)18-3-5-21-17(11-18)7-9-25-21;21-20-11-14(5-7-22-20)13-1-3-17-18(10-13)24(12-23-17)16-2-4-19-15(9-16)6-8-25-19;1-3-17-18(11-15(1)14-5-7-21-8-6-14)23(13-22-17)16-2-4-19-20(12-16)25-10-9-24-19;1-24-19-6-4-16(12-20(19)25-2)23-13-22-17-5-3-15(11-18(17)23)14-7-9-21-10-8-14;1-14(24)15-2-5-18(6-3-15)23-13-22-19-12-17(4-7-20(19)23)16-8-10-21-11-9-16;1-3-16-17(8-12(1)14-9-20-21-10-14)22(11-19-16)15-2-4-18-13(7-15)5-6-23-18/h2-6,8,10-13H,7,9H2,1H3;1-5,7,9-12H,6,8H2;1-8,11-13H,9-10H2;3-13H,1-2H3;2-13H,1H3;1-4,7-11H,5-6H2,(H,20,21). The number of imidazole rings is 6. The summed E-state index contributed by atoms with van der Waals surface area (Å²) in [5.74, 6) is 5.50. The molecule has 0 unspecified atom stereocenters. The average Bonchev–Trinajstić information content (AvgIpc) is 1.62. The van der Waals surface area contributed by atoms with E-state index in [2.05, 4.69) is 199 Å². The number of nitrogens with one attached hydrogen (secondary N) is 1. The number of methoxy groups -OCH3 is 2. The molecule has 0 saturated heterocycles. The highest BCUT2D eigenvalue weighted by Gasteiger charge is 2.23. The Bertz CT molecular complexity index is 8650. The van der Waals surface area contributed by atoms with E-state index in [4.69, 9.17) is 33.2 Å². The van der Waals surface area contributed by atoms with E-state index < -0.39 is 5.95 Å². The minimum atomic E-state index is -0.482. The van der Waals surface area contributed by atoms with Gasteiger partial charge in [-0.1, -0.05) is 36.4 Å². The highest BCUT2D eigenvalue weighted by molar-refractivity contribution is 5.95. The number of nitrogens with zero attached hydrogens (tertiary/aromatic N) is 18. The summed E-state index contributed by atoms with van der Waals surface area (Å²) in [6.45, 7) is 7.04. The average molecular weight is 1940 g/mol. The van der Waals surface area contributed by atoms with E-state index in [1.165, 1.54) is 40.1 Å². The van der Waals surface area contributed by atoms with E-state index in [0.29, 0.717) is 30.3 Å². The first-order valence-corrected chi connectivity index (χ1v) is 47.9. The molecule has 1 N–H and O–H groups in total. The van der Waals surface area contributed by atoms with Gasteiger partial charge in [0.25, 0.3) is 0 Å². The van der Waals surface area contributed by atoms with E-state index in [1.54, 1.807) is 64.4 Å². The van der Waals surface area contributed by atoms with E-state index in [-0.39, 0.29) is 5.78 Å². The molecule has 0 atom stereocenters. The van der Waals surface area contributed by atoms with Gasteiger partial charge in [0, 0.05) is 133 Å². The minimum Gasteiger partial charge on any atom is -0.493 e. The molecular formula is C119H92FN19O8. The van der Waals surface area contributed by atoms with Crippen LogP contribution in [-0.2, 0) is 19.3 Å². The third-order valence-electron chi connectivity index (χ3n) is 26.3. The summed E-state index contributed by atoms with van der Waals surface area (Å²) in [7, 11) is 3.26. The van der Waals surface area contributed by atoms with Gasteiger partial charge in [0.15, 0.2) is 28.8 Å². The highest BCUT2D eigenvalue weighted by atomic mass is 19.1. The number of benzene rings is 12. The topological polar surface area (TPSA) is 282 Å². The fourth-order valence-corrected chi connectivity index (χ4v) is 18.7. The summed E-state index contributed by atoms with van der Waals surface area (Å²) in [6, 6.07) is 94.9. The monoisotopic (exact) mass is 1930 g/mol. The van der Waals surface area contributed by atoms with Crippen LogP contribution >= 0.6 is 0 Å². The molecule has 0 amide bonds. The SMILES string of the molecule is CC(=O)c1ccc(-n2cnc3cc(-c4ccncc4)ccc32)cc1.COc1ccc(-n2cnc3ccc(-c4ccncc4)cc32)cc1OC.Cc1cc(-c2ccc3ncn(-c4ccc5c(c4)CCO5)c3c2)ccn1.Fc1cc(-c2ccc3ncn(-c4ccc5c(c4)CCO5)c3c2)ccn1.c1cc(-c2ccc3ncn(-c4ccc5c(c4)OCCO5)c3c2)ccn1.c1cc2ncn(-c3ccc4c(c3)CCO4)c2cc1-c1cn[nH]c1. The lowest BCUT2D eigenvalue weighted by molar-refractivity contribution is 0.101. The normalized spacial score (nSPS) is 12.3. The van der Waals surface area contributed by atoms with Crippen molar-refractivity contribution in [1.29, 1.82) is 0 Å². The molecule has 0 aliphatic carbocycles. The predicted molar refractivity (Wildman–Crippen MR) is 567 cm³/mol. The van der Waals surface area contributed by atoms with Gasteiger partial charge in [-0.25, -0.2) is 34.9 Å². The van der Waals surface area contributed by atoms with Crippen molar-refractivity contribution < 1.29 is 42.3 Å². The van der Waals surface area contributed by atoms with Crippen LogP contribution in [0.25, 0.3) is 167 Å². The quantitative estimate of drug-likeness (QED) is 0.0737. The number of aromatic amines is 1. The molecule has 4 aliphatic rings. The van der Waals surface area contributed by atoms with Crippen molar-refractivity contribution in [3.8, 4) is 141 Å².